The molecule has 0 aromatic heterocycles. The summed E-state index contributed by atoms with van der Waals surface area (Å²) in [5.41, 5.74) is 0. The third kappa shape index (κ3) is 5.67. The Morgan fingerprint density at radius 1 is 1.56 bits per heavy atom. The maximum Gasteiger partial charge on any atom is 0.408 e. The number of likely N-dealkylation sites (tertiary alicyclic amines) is 1. The van der Waals surface area contributed by atoms with E-state index < -0.39 is 11.2 Å². The highest BCUT2D eigenvalue weighted by Gasteiger charge is 2.22. The van der Waals surface area contributed by atoms with Crippen LogP contribution in [0.5, 0.6) is 0 Å². The largest absolute Gasteiger partial charge is 0.430 e. The molecule has 1 rings (SSSR count). The number of ether oxygens (including phenoxy) is 1. The van der Waals surface area contributed by atoms with E-state index in [1.54, 1.807) is 0 Å². The van der Waals surface area contributed by atoms with Crippen LogP contribution in [0.3, 0.4) is 0 Å². The first-order chi connectivity index (χ1) is 8.59. The molecule has 1 unspecified atom stereocenters. The highest BCUT2D eigenvalue weighted by molar-refractivity contribution is 5.67. The minimum absolute atomic E-state index is 0.0311. The van der Waals surface area contributed by atoms with Crippen LogP contribution >= 0.6 is 0 Å². The first kappa shape index (κ1) is 14.5. The molecule has 0 radical (unpaired) electrons. The lowest BCUT2D eigenvalue weighted by Crippen LogP contribution is -2.42. The zero-order chi connectivity index (χ0) is 13.4. The van der Waals surface area contributed by atoms with Crippen molar-refractivity contribution in [2.24, 2.45) is 0 Å². The maximum absolute atomic E-state index is 11.4. The van der Waals surface area contributed by atoms with E-state index in [-0.39, 0.29) is 12.8 Å². The fraction of sp³-hybridized carbons (Fsp3) is 0.900. The van der Waals surface area contributed by atoms with Gasteiger partial charge in [0, 0.05) is 13.1 Å². The molecule has 0 aromatic carbocycles. The second-order valence-corrected chi connectivity index (χ2v) is 4.17. The first-order valence-electron chi connectivity index (χ1n) is 6.01. The van der Waals surface area contributed by atoms with Gasteiger partial charge in [-0.3, -0.25) is 4.90 Å². The average molecular weight is 261 g/mol. The van der Waals surface area contributed by atoms with E-state index in [1.807, 2.05) is 11.9 Å². The Bertz CT molecular complexity index is 287. The Labute approximate surface area is 105 Å². The molecule has 0 aromatic rings. The number of nitrogens with one attached hydrogen (secondary N) is 1. The van der Waals surface area contributed by atoms with Gasteiger partial charge in [-0.15, -0.1) is 10.1 Å². The molecule has 104 valence electrons. The van der Waals surface area contributed by atoms with Crippen LogP contribution in [0.4, 0.5) is 4.79 Å². The molecule has 1 amide bonds. The minimum atomic E-state index is -0.852. The normalized spacial score (nSPS) is 20.2. The number of hydrogen-bond acceptors (Lipinski definition) is 6. The van der Waals surface area contributed by atoms with Crippen molar-refractivity contribution in [2.45, 2.75) is 31.9 Å². The number of nitrogens with zero attached hydrogens (tertiary/aromatic N) is 2. The molecule has 0 aliphatic carbocycles. The molecule has 18 heavy (non-hydrogen) atoms. The van der Waals surface area contributed by atoms with Crippen molar-refractivity contribution in [1.29, 1.82) is 0 Å². The number of amides is 1. The fourth-order valence-electron chi connectivity index (χ4n) is 1.76. The standard InChI is InChI=1S/C10H19N3O5/c1-12-7-3-2-5-9(12)18-10(14)11-6-4-8-17-13(15)16/h9H,2-8H2,1H3,(H,11,14). The van der Waals surface area contributed by atoms with Crippen molar-refractivity contribution < 1.29 is 19.5 Å². The Morgan fingerprint density at radius 3 is 3.00 bits per heavy atom. The molecule has 8 nitrogen and oxygen atoms in total. The van der Waals surface area contributed by atoms with E-state index in [0.29, 0.717) is 13.0 Å². The predicted molar refractivity (Wildman–Crippen MR) is 62.3 cm³/mol. The van der Waals surface area contributed by atoms with Crippen molar-refractivity contribution in [3.8, 4) is 0 Å². The number of carbonyl (C=O) groups excluding carboxylic acids is 1. The van der Waals surface area contributed by atoms with Gasteiger partial charge in [0.05, 0.1) is 6.61 Å². The summed E-state index contributed by atoms with van der Waals surface area (Å²) >= 11 is 0. The predicted octanol–water partition coefficient (Wildman–Crippen LogP) is 0.753. The molecule has 1 saturated heterocycles. The smallest absolute Gasteiger partial charge is 0.408 e. The molecule has 1 N–H and O–H groups in total. The Balaban J connectivity index is 2.07. The van der Waals surface area contributed by atoms with E-state index in [1.165, 1.54) is 0 Å². The Kier molecular flexibility index (Phi) is 6.20. The van der Waals surface area contributed by atoms with Crippen LogP contribution in [-0.4, -0.2) is 49.1 Å². The Hall–Kier alpha value is -1.57. The molecule has 1 aliphatic rings. The lowest BCUT2D eigenvalue weighted by molar-refractivity contribution is -0.757. The molecule has 0 saturated carbocycles. The van der Waals surface area contributed by atoms with Gasteiger partial charge >= 0.3 is 6.09 Å². The summed E-state index contributed by atoms with van der Waals surface area (Å²) in [6, 6.07) is 0. The van der Waals surface area contributed by atoms with E-state index in [9.17, 15) is 14.9 Å². The van der Waals surface area contributed by atoms with Gasteiger partial charge in [-0.25, -0.2) is 4.79 Å². The highest BCUT2D eigenvalue weighted by Crippen LogP contribution is 2.15. The Morgan fingerprint density at radius 2 is 2.33 bits per heavy atom. The summed E-state index contributed by atoms with van der Waals surface area (Å²) in [6.45, 7) is 1.19. The van der Waals surface area contributed by atoms with E-state index in [0.717, 1.165) is 25.8 Å². The van der Waals surface area contributed by atoms with Crippen molar-refractivity contribution in [2.75, 3.05) is 26.7 Å². The van der Waals surface area contributed by atoms with Crippen LogP contribution in [0.2, 0.25) is 0 Å². The van der Waals surface area contributed by atoms with Gasteiger partial charge in [0.1, 0.15) is 0 Å². The molecule has 1 aliphatic heterocycles. The van der Waals surface area contributed by atoms with E-state index >= 15 is 0 Å². The van der Waals surface area contributed by atoms with Gasteiger partial charge in [0.15, 0.2) is 6.23 Å². The van der Waals surface area contributed by atoms with Crippen molar-refractivity contribution >= 4 is 6.09 Å². The summed E-state index contributed by atoms with van der Waals surface area (Å²) in [6.07, 6.45) is 2.73. The quantitative estimate of drug-likeness (QED) is 0.431. The van der Waals surface area contributed by atoms with Crippen LogP contribution in [-0.2, 0) is 9.57 Å². The van der Waals surface area contributed by atoms with Crippen molar-refractivity contribution in [3.63, 3.8) is 0 Å². The van der Waals surface area contributed by atoms with Gasteiger partial charge < -0.3 is 14.9 Å². The number of carbonyl (C=O) groups is 1. The van der Waals surface area contributed by atoms with Crippen LogP contribution in [0, 0.1) is 10.1 Å². The lowest BCUT2D eigenvalue weighted by atomic mass is 10.1. The van der Waals surface area contributed by atoms with Crippen LogP contribution < -0.4 is 5.32 Å². The second kappa shape index (κ2) is 7.70. The fourth-order valence-corrected chi connectivity index (χ4v) is 1.76. The number of hydrogen-bond donors (Lipinski definition) is 1. The summed E-state index contributed by atoms with van der Waals surface area (Å²) < 4.78 is 5.23. The number of piperidine rings is 1. The first-order valence-corrected chi connectivity index (χ1v) is 6.01. The molecule has 1 fully saturated rings. The molecule has 1 heterocycles. The monoisotopic (exact) mass is 261 g/mol. The van der Waals surface area contributed by atoms with Gasteiger partial charge in [-0.05, 0) is 32.7 Å². The maximum atomic E-state index is 11.4. The highest BCUT2D eigenvalue weighted by atomic mass is 16.9. The molecule has 1 atom stereocenters. The third-order valence-corrected chi connectivity index (χ3v) is 2.73. The second-order valence-electron chi connectivity index (χ2n) is 4.17. The van der Waals surface area contributed by atoms with Gasteiger partial charge in [0.25, 0.3) is 5.09 Å². The zero-order valence-corrected chi connectivity index (χ0v) is 10.5. The van der Waals surface area contributed by atoms with E-state index in [2.05, 4.69) is 10.2 Å². The third-order valence-electron chi connectivity index (χ3n) is 2.73. The van der Waals surface area contributed by atoms with Crippen LogP contribution in [0.1, 0.15) is 25.7 Å². The molecular formula is C10H19N3O5. The van der Waals surface area contributed by atoms with Crippen molar-refractivity contribution in [1.82, 2.24) is 10.2 Å². The van der Waals surface area contributed by atoms with Gasteiger partial charge in [0.2, 0.25) is 0 Å². The SMILES string of the molecule is CN1CCCCC1OC(=O)NCCCO[N+](=O)[O-]. The van der Waals surface area contributed by atoms with Crippen LogP contribution in [0.15, 0.2) is 0 Å². The summed E-state index contributed by atoms with van der Waals surface area (Å²) in [5, 5.41) is 11.5. The summed E-state index contributed by atoms with van der Waals surface area (Å²) in [7, 11) is 1.92. The topological polar surface area (TPSA) is 93.9 Å². The van der Waals surface area contributed by atoms with E-state index in [4.69, 9.17) is 4.74 Å². The molecule has 8 heteroatoms. The summed E-state index contributed by atoms with van der Waals surface area (Å²) in [4.78, 5) is 27.4. The zero-order valence-electron chi connectivity index (χ0n) is 10.5. The lowest BCUT2D eigenvalue weighted by Gasteiger charge is -2.31. The van der Waals surface area contributed by atoms with Crippen LogP contribution in [0.25, 0.3) is 0 Å². The van der Waals surface area contributed by atoms with Gasteiger partial charge in [-0.2, -0.15) is 0 Å². The number of alkyl carbamates (subject to hydrolysis) is 1. The summed E-state index contributed by atoms with van der Waals surface area (Å²) in [5.74, 6) is 0. The molecular weight excluding hydrogens is 242 g/mol. The molecule has 0 spiro atoms. The minimum Gasteiger partial charge on any atom is -0.430 e. The molecule has 0 bridgehead atoms. The average Bonchev–Trinajstić information content (AvgIpc) is 2.31. The van der Waals surface area contributed by atoms with Crippen molar-refractivity contribution in [3.05, 3.63) is 10.1 Å². The number of rotatable bonds is 6. The van der Waals surface area contributed by atoms with Gasteiger partial charge in [-0.1, -0.05) is 0 Å².